The average molecular weight is 318 g/mol. The van der Waals surface area contributed by atoms with Crippen LogP contribution >= 0.6 is 12.2 Å². The second-order valence-corrected chi connectivity index (χ2v) is 7.50. The molecule has 4 heteroatoms. The topological polar surface area (TPSA) is 41.1 Å². The number of nitrogens with one attached hydrogen (secondary N) is 2. The lowest BCUT2D eigenvalue weighted by molar-refractivity contribution is -0.132. The summed E-state index contributed by atoms with van der Waals surface area (Å²) in [6, 6.07) is 9.73. The number of thiocarbonyl (C=S) groups is 1. The van der Waals surface area contributed by atoms with E-state index in [0.29, 0.717) is 11.0 Å². The van der Waals surface area contributed by atoms with Gasteiger partial charge in [-0.1, -0.05) is 45.9 Å². The summed E-state index contributed by atoms with van der Waals surface area (Å²) in [5.41, 5.74) is 0.677. The van der Waals surface area contributed by atoms with E-state index >= 15 is 0 Å². The van der Waals surface area contributed by atoms with Crippen LogP contribution in [0.1, 0.15) is 40.5 Å². The Balaban J connectivity index is 1.92. The summed E-state index contributed by atoms with van der Waals surface area (Å²) in [5.74, 6) is 0.815. The van der Waals surface area contributed by atoms with Crippen molar-refractivity contribution in [2.45, 2.75) is 40.5 Å². The first-order valence-corrected chi connectivity index (χ1v) is 8.31. The van der Waals surface area contributed by atoms with E-state index in [4.69, 9.17) is 12.2 Å². The van der Waals surface area contributed by atoms with E-state index in [-0.39, 0.29) is 23.2 Å². The highest BCUT2D eigenvalue weighted by Crippen LogP contribution is 2.56. The van der Waals surface area contributed by atoms with Crippen molar-refractivity contribution in [2.75, 3.05) is 11.9 Å². The quantitative estimate of drug-likeness (QED) is 0.823. The largest absolute Gasteiger partial charge is 0.355 e. The summed E-state index contributed by atoms with van der Waals surface area (Å²) in [5, 5.41) is 6.65. The van der Waals surface area contributed by atoms with Gasteiger partial charge in [-0.2, -0.15) is 0 Å². The Kier molecular flexibility index (Phi) is 4.90. The van der Waals surface area contributed by atoms with Gasteiger partial charge in [-0.05, 0) is 48.5 Å². The molecule has 1 aromatic rings. The van der Waals surface area contributed by atoms with Crippen molar-refractivity contribution < 1.29 is 4.79 Å². The highest BCUT2D eigenvalue weighted by atomic mass is 32.1. The molecule has 0 aromatic heterocycles. The Labute approximate surface area is 138 Å². The van der Waals surface area contributed by atoms with E-state index in [1.165, 1.54) is 0 Å². The third-order valence-electron chi connectivity index (χ3n) is 5.79. The van der Waals surface area contributed by atoms with Crippen LogP contribution in [0.4, 0.5) is 5.69 Å². The molecule has 22 heavy (non-hydrogen) atoms. The van der Waals surface area contributed by atoms with Crippen LogP contribution in [0.3, 0.4) is 0 Å². The van der Waals surface area contributed by atoms with Gasteiger partial charge in [0.05, 0.1) is 6.54 Å². The number of rotatable bonds is 4. The van der Waals surface area contributed by atoms with Crippen LogP contribution < -0.4 is 10.6 Å². The Morgan fingerprint density at radius 3 is 2.45 bits per heavy atom. The van der Waals surface area contributed by atoms with Gasteiger partial charge in [0, 0.05) is 11.1 Å². The molecule has 2 N–H and O–H groups in total. The molecule has 0 spiro atoms. The fourth-order valence-electron chi connectivity index (χ4n) is 3.28. The van der Waals surface area contributed by atoms with Gasteiger partial charge in [-0.3, -0.25) is 4.79 Å². The summed E-state index contributed by atoms with van der Waals surface area (Å²) in [4.78, 5) is 12.7. The van der Waals surface area contributed by atoms with Gasteiger partial charge in [0.2, 0.25) is 0 Å². The van der Waals surface area contributed by atoms with Crippen LogP contribution in [0.5, 0.6) is 0 Å². The van der Waals surface area contributed by atoms with Crippen molar-refractivity contribution in [3.63, 3.8) is 0 Å². The van der Waals surface area contributed by atoms with E-state index in [1.807, 2.05) is 30.3 Å². The molecular formula is C18H26N2OS. The molecule has 2 rings (SSSR count). The van der Waals surface area contributed by atoms with Crippen molar-refractivity contribution in [2.24, 2.45) is 16.7 Å². The predicted molar refractivity (Wildman–Crippen MR) is 96.0 cm³/mol. The van der Waals surface area contributed by atoms with Gasteiger partial charge >= 0.3 is 0 Å². The van der Waals surface area contributed by atoms with Crippen LogP contribution in [0, 0.1) is 16.7 Å². The Bertz CT molecular complexity index is 555. The molecule has 3 nitrogen and oxygen atoms in total. The minimum absolute atomic E-state index is 0.0280. The van der Waals surface area contributed by atoms with Gasteiger partial charge in [0.15, 0.2) is 10.9 Å². The van der Waals surface area contributed by atoms with Crippen LogP contribution in [0.25, 0.3) is 0 Å². The first kappa shape index (κ1) is 16.9. The lowest BCUT2D eigenvalue weighted by Gasteiger charge is -2.39. The van der Waals surface area contributed by atoms with Crippen LogP contribution in [0.2, 0.25) is 0 Å². The molecule has 0 aliphatic heterocycles. The van der Waals surface area contributed by atoms with Crippen LogP contribution in [-0.2, 0) is 4.79 Å². The number of Topliss-reactive ketones (excluding diaryl/α,β-unsaturated/α-hetero) is 1. The number of hydrogen-bond acceptors (Lipinski definition) is 2. The third kappa shape index (κ3) is 3.17. The number of anilines is 1. The van der Waals surface area contributed by atoms with Crippen molar-refractivity contribution in [3.05, 3.63) is 30.3 Å². The number of benzene rings is 1. The molecule has 1 saturated carbocycles. The third-order valence-corrected chi connectivity index (χ3v) is 6.03. The Morgan fingerprint density at radius 1 is 1.27 bits per heavy atom. The first-order valence-electron chi connectivity index (χ1n) is 7.90. The number of hydrogen-bond donors (Lipinski definition) is 2. The van der Waals surface area contributed by atoms with Gasteiger partial charge in [-0.15, -0.1) is 0 Å². The van der Waals surface area contributed by atoms with Crippen molar-refractivity contribution in [1.82, 2.24) is 5.32 Å². The molecule has 1 aromatic carbocycles. The molecule has 1 aliphatic carbocycles. The van der Waals surface area contributed by atoms with Gasteiger partial charge in [-0.25, -0.2) is 0 Å². The van der Waals surface area contributed by atoms with Crippen LogP contribution in [0.15, 0.2) is 30.3 Å². The number of ketones is 1. The van der Waals surface area contributed by atoms with E-state index < -0.39 is 0 Å². The highest BCUT2D eigenvalue weighted by Gasteiger charge is 2.53. The summed E-state index contributed by atoms with van der Waals surface area (Å²) >= 11 is 5.27. The van der Waals surface area contributed by atoms with Crippen molar-refractivity contribution >= 4 is 28.8 Å². The normalized spacial score (nSPS) is 26.5. The summed E-state index contributed by atoms with van der Waals surface area (Å²) in [6.07, 6.45) is 2.07. The molecular weight excluding hydrogens is 292 g/mol. The van der Waals surface area contributed by atoms with Crippen molar-refractivity contribution in [3.8, 4) is 0 Å². The molecule has 0 radical (unpaired) electrons. The van der Waals surface area contributed by atoms with E-state index in [1.54, 1.807) is 0 Å². The summed E-state index contributed by atoms with van der Waals surface area (Å²) in [6.45, 7) is 9.05. The van der Waals surface area contributed by atoms with Gasteiger partial charge in [0.1, 0.15) is 0 Å². The first-order chi connectivity index (χ1) is 10.3. The lowest BCUT2D eigenvalue weighted by Crippen LogP contribution is -2.45. The van der Waals surface area contributed by atoms with Gasteiger partial charge in [0.25, 0.3) is 0 Å². The van der Waals surface area contributed by atoms with Crippen molar-refractivity contribution in [1.29, 1.82) is 0 Å². The molecule has 0 saturated heterocycles. The molecule has 2 atom stereocenters. The summed E-state index contributed by atoms with van der Waals surface area (Å²) in [7, 11) is 0. The molecule has 0 unspecified atom stereocenters. The molecule has 0 bridgehead atoms. The fourth-order valence-corrected chi connectivity index (χ4v) is 3.47. The highest BCUT2D eigenvalue weighted by molar-refractivity contribution is 7.80. The average Bonchev–Trinajstić information content (AvgIpc) is 2.70. The Hall–Kier alpha value is -1.42. The predicted octanol–water partition coefficient (Wildman–Crippen LogP) is 4.00. The standard InChI is InChI=1S/C18H26N2OS/c1-13-10-11-18(4,17(13,2)3)15(21)12-19-16(22)20-14-8-6-5-7-9-14/h5-9,13H,10-12H2,1-4H3,(H2,19,20,22)/t13-,18-/m0/s1. The molecule has 1 fully saturated rings. The minimum atomic E-state index is -0.276. The van der Waals surface area contributed by atoms with E-state index in [9.17, 15) is 4.79 Å². The molecule has 0 amide bonds. The lowest BCUT2D eigenvalue weighted by atomic mass is 9.64. The maximum absolute atomic E-state index is 12.7. The maximum atomic E-state index is 12.7. The zero-order valence-electron chi connectivity index (χ0n) is 13.9. The maximum Gasteiger partial charge on any atom is 0.171 e. The second kappa shape index (κ2) is 6.37. The van der Waals surface area contributed by atoms with Crippen LogP contribution in [-0.4, -0.2) is 17.4 Å². The van der Waals surface area contributed by atoms with E-state index in [2.05, 4.69) is 38.3 Å². The molecule has 1 aliphatic rings. The Morgan fingerprint density at radius 2 is 1.91 bits per heavy atom. The summed E-state index contributed by atoms with van der Waals surface area (Å²) < 4.78 is 0. The minimum Gasteiger partial charge on any atom is -0.355 e. The SMILES string of the molecule is C[C@H]1CC[C@@](C)(C(=O)CNC(=S)Nc2ccccc2)C1(C)C. The number of carbonyl (C=O) groups is 1. The molecule has 120 valence electrons. The van der Waals surface area contributed by atoms with Gasteiger partial charge < -0.3 is 10.6 Å². The fraction of sp³-hybridized carbons (Fsp3) is 0.556. The van der Waals surface area contributed by atoms with E-state index in [0.717, 1.165) is 18.5 Å². The number of carbonyl (C=O) groups excluding carboxylic acids is 1. The second-order valence-electron chi connectivity index (χ2n) is 7.09. The smallest absolute Gasteiger partial charge is 0.171 e. The number of para-hydroxylation sites is 1. The molecule has 0 heterocycles. The monoisotopic (exact) mass is 318 g/mol. The zero-order valence-corrected chi connectivity index (χ0v) is 14.7. The zero-order chi connectivity index (χ0) is 16.4.